The first-order chi connectivity index (χ1) is 22.0. The molecule has 0 bridgehead atoms. The fourth-order valence-electron chi connectivity index (χ4n) is 5.15. The highest BCUT2D eigenvalue weighted by molar-refractivity contribution is 7.84. The van der Waals surface area contributed by atoms with Crippen molar-refractivity contribution < 1.29 is 14.1 Å². The van der Waals surface area contributed by atoms with Gasteiger partial charge in [-0.25, -0.2) is 9.78 Å². The highest BCUT2D eigenvalue weighted by atomic mass is 32.2. The molecule has 1 saturated heterocycles. The molecule has 1 fully saturated rings. The molecule has 0 amide bonds. The lowest BCUT2D eigenvalue weighted by atomic mass is 10.0. The summed E-state index contributed by atoms with van der Waals surface area (Å²) in [5.41, 5.74) is 3.81. The van der Waals surface area contributed by atoms with E-state index in [0.717, 1.165) is 41.2 Å². The lowest BCUT2D eigenvalue weighted by Gasteiger charge is -2.35. The highest BCUT2D eigenvalue weighted by Crippen LogP contribution is 2.26. The zero-order chi connectivity index (χ0) is 31.0. The molecule has 0 aliphatic carbocycles. The third kappa shape index (κ3) is 7.68. The number of rotatable bonds is 11. The zero-order valence-electron chi connectivity index (χ0n) is 24.6. The Hall–Kier alpha value is -5.16. The van der Waals surface area contributed by atoms with Gasteiger partial charge in [0.15, 0.2) is 5.82 Å². The number of carbonyl (C=O) groups is 1. The molecule has 2 N–H and O–H groups in total. The molecular weight excluding hydrogens is 586 g/mol. The maximum Gasteiger partial charge on any atom is 0.327 e. The van der Waals surface area contributed by atoms with E-state index in [1.165, 1.54) is 0 Å². The lowest BCUT2D eigenvalue weighted by Crippen LogP contribution is -2.47. The van der Waals surface area contributed by atoms with Crippen molar-refractivity contribution in [1.82, 2.24) is 19.9 Å². The van der Waals surface area contributed by atoms with Crippen molar-refractivity contribution in [3.8, 4) is 22.5 Å². The Morgan fingerprint density at radius 1 is 0.756 bits per heavy atom. The summed E-state index contributed by atoms with van der Waals surface area (Å²) < 4.78 is 13.0. The Balaban J connectivity index is 1.26. The van der Waals surface area contributed by atoms with Crippen LogP contribution in [0.25, 0.3) is 22.5 Å². The summed E-state index contributed by atoms with van der Waals surface area (Å²) in [5, 5.41) is 13.0. The van der Waals surface area contributed by atoms with Crippen molar-refractivity contribution in [2.75, 3.05) is 47.0 Å². The van der Waals surface area contributed by atoms with Crippen molar-refractivity contribution in [3.05, 3.63) is 115 Å². The lowest BCUT2D eigenvalue weighted by molar-refractivity contribution is -0.137. The number of aromatic nitrogens is 4. The van der Waals surface area contributed by atoms with Crippen LogP contribution in [0.3, 0.4) is 0 Å². The number of carboxylic acid groups (broad SMARTS) is 1. The molecule has 0 radical (unpaired) electrons. The van der Waals surface area contributed by atoms with E-state index in [-0.39, 0.29) is 17.5 Å². The second-order valence-electron chi connectivity index (χ2n) is 10.7. The second-order valence-corrected chi connectivity index (χ2v) is 12.2. The molecule has 228 valence electrons. The van der Waals surface area contributed by atoms with Crippen LogP contribution < -0.4 is 15.1 Å². The summed E-state index contributed by atoms with van der Waals surface area (Å²) in [6.07, 6.45) is 1.78. The van der Waals surface area contributed by atoms with E-state index in [2.05, 4.69) is 42.2 Å². The van der Waals surface area contributed by atoms with E-state index in [1.54, 1.807) is 6.20 Å². The number of anilines is 3. The summed E-state index contributed by atoms with van der Waals surface area (Å²) in [6.45, 7) is 2.75. The first-order valence-electron chi connectivity index (χ1n) is 14.7. The Morgan fingerprint density at radius 3 is 2.04 bits per heavy atom. The minimum Gasteiger partial charge on any atom is -0.480 e. The van der Waals surface area contributed by atoms with Gasteiger partial charge in [-0.1, -0.05) is 91.0 Å². The normalized spacial score (nSPS) is 14.5. The van der Waals surface area contributed by atoms with Crippen LogP contribution in [-0.4, -0.2) is 73.2 Å². The van der Waals surface area contributed by atoms with Crippen molar-refractivity contribution >= 4 is 34.5 Å². The van der Waals surface area contributed by atoms with Crippen LogP contribution in [0, 0.1) is 0 Å². The van der Waals surface area contributed by atoms with Gasteiger partial charge >= 0.3 is 5.97 Å². The molecule has 1 aliphatic rings. The van der Waals surface area contributed by atoms with Crippen LogP contribution in [-0.2, 0) is 21.3 Å². The Labute approximate surface area is 264 Å². The Morgan fingerprint density at radius 2 is 1.38 bits per heavy atom. The third-order valence-electron chi connectivity index (χ3n) is 7.53. The van der Waals surface area contributed by atoms with Crippen molar-refractivity contribution in [1.29, 1.82) is 0 Å². The molecular formula is C34H33N7O3S. The average Bonchev–Trinajstić information content (AvgIpc) is 3.09. The summed E-state index contributed by atoms with van der Waals surface area (Å²) in [4.78, 5) is 35.1. The monoisotopic (exact) mass is 619 g/mol. The standard InChI is InChI=1S/C34H33N7O3S/c42-32(43)29(24-45(44)23-25-9-3-1-4-10-25)36-33-37-31(28-16-14-27(15-17-28)26-11-5-2-6-12-26)38-34(39-33)41-21-19-40(20-22-41)30-13-7-8-18-35-30/h1-18,29H,19-24H2,(H,42,43)(H,36,37,38,39)/t29?,45-/m1/s1. The van der Waals surface area contributed by atoms with E-state index >= 15 is 0 Å². The minimum atomic E-state index is -1.43. The van der Waals surface area contributed by atoms with Crippen LogP contribution in [0.5, 0.6) is 0 Å². The van der Waals surface area contributed by atoms with E-state index in [9.17, 15) is 14.1 Å². The summed E-state index contributed by atoms with van der Waals surface area (Å²) >= 11 is 0. The Bertz CT molecular complexity index is 1740. The quantitative estimate of drug-likeness (QED) is 0.214. The molecule has 0 saturated carbocycles. The number of nitrogens with one attached hydrogen (secondary N) is 1. The smallest absolute Gasteiger partial charge is 0.327 e. The van der Waals surface area contributed by atoms with Crippen LogP contribution in [0.15, 0.2) is 109 Å². The second kappa shape index (κ2) is 14.1. The molecule has 3 aromatic carbocycles. The van der Waals surface area contributed by atoms with Gasteiger partial charge in [0, 0.05) is 54.5 Å². The molecule has 1 aliphatic heterocycles. The van der Waals surface area contributed by atoms with Gasteiger partial charge in [0.05, 0.1) is 5.75 Å². The topological polar surface area (TPSA) is 124 Å². The molecule has 2 aromatic heterocycles. The van der Waals surface area contributed by atoms with E-state index in [1.807, 2.05) is 91.0 Å². The van der Waals surface area contributed by atoms with Gasteiger partial charge in [0.1, 0.15) is 11.9 Å². The van der Waals surface area contributed by atoms with E-state index in [0.29, 0.717) is 24.9 Å². The SMILES string of the molecule is O=C(O)C(C[S@](=O)Cc1ccccc1)Nc1nc(-c2ccc(-c3ccccc3)cc2)nc(N2CCN(c3ccccn3)CC2)n1. The molecule has 6 rings (SSSR count). The van der Waals surface area contributed by atoms with Gasteiger partial charge in [-0.15, -0.1) is 0 Å². The van der Waals surface area contributed by atoms with Crippen molar-refractivity contribution in [3.63, 3.8) is 0 Å². The molecule has 1 unspecified atom stereocenters. The number of carboxylic acids is 1. The van der Waals surface area contributed by atoms with Gasteiger partial charge in [0.25, 0.3) is 0 Å². The van der Waals surface area contributed by atoms with Gasteiger partial charge < -0.3 is 20.2 Å². The largest absolute Gasteiger partial charge is 0.480 e. The van der Waals surface area contributed by atoms with Crippen LogP contribution in [0.4, 0.5) is 17.7 Å². The maximum absolute atomic E-state index is 13.0. The van der Waals surface area contributed by atoms with Crippen LogP contribution in [0.2, 0.25) is 0 Å². The van der Waals surface area contributed by atoms with Gasteiger partial charge in [-0.3, -0.25) is 4.21 Å². The molecule has 11 heteroatoms. The third-order valence-corrected chi connectivity index (χ3v) is 8.89. The molecule has 10 nitrogen and oxygen atoms in total. The van der Waals surface area contributed by atoms with Crippen molar-refractivity contribution in [2.45, 2.75) is 11.8 Å². The molecule has 2 atom stereocenters. The number of pyridine rings is 1. The van der Waals surface area contributed by atoms with Gasteiger partial charge in [-0.2, -0.15) is 15.0 Å². The fraction of sp³-hybridized carbons (Fsp3) is 0.206. The summed E-state index contributed by atoms with van der Waals surface area (Å²) in [7, 11) is -1.43. The number of piperazine rings is 1. The number of aliphatic carboxylic acids is 1. The van der Waals surface area contributed by atoms with E-state index in [4.69, 9.17) is 4.98 Å². The van der Waals surface area contributed by atoms with Gasteiger partial charge in [0.2, 0.25) is 11.9 Å². The molecule has 3 heterocycles. The zero-order valence-corrected chi connectivity index (χ0v) is 25.4. The first kappa shape index (κ1) is 29.9. The number of hydrogen-bond acceptors (Lipinski definition) is 9. The fourth-order valence-corrected chi connectivity index (χ4v) is 6.43. The first-order valence-corrected chi connectivity index (χ1v) is 16.2. The van der Waals surface area contributed by atoms with Crippen molar-refractivity contribution in [2.24, 2.45) is 0 Å². The average molecular weight is 620 g/mol. The minimum absolute atomic E-state index is 0.102. The Kier molecular flexibility index (Phi) is 9.35. The predicted molar refractivity (Wildman–Crippen MR) is 178 cm³/mol. The molecule has 5 aromatic rings. The summed E-state index contributed by atoms with van der Waals surface area (Å²) in [5.74, 6) is 0.939. The van der Waals surface area contributed by atoms with Gasteiger partial charge in [-0.05, 0) is 28.8 Å². The number of hydrogen-bond donors (Lipinski definition) is 2. The molecule has 45 heavy (non-hydrogen) atoms. The maximum atomic E-state index is 13.0. The summed E-state index contributed by atoms with van der Waals surface area (Å²) in [6, 6.07) is 32.1. The van der Waals surface area contributed by atoms with Crippen LogP contribution in [0.1, 0.15) is 5.56 Å². The molecule has 0 spiro atoms. The highest BCUT2D eigenvalue weighted by Gasteiger charge is 2.25. The van der Waals surface area contributed by atoms with Crippen LogP contribution >= 0.6 is 0 Å². The predicted octanol–water partition coefficient (Wildman–Crippen LogP) is 4.74. The van der Waals surface area contributed by atoms with E-state index < -0.39 is 22.8 Å². The number of nitrogens with zero attached hydrogens (tertiary/aromatic N) is 6. The number of benzene rings is 3.